The molecule has 0 aromatic heterocycles. The topological polar surface area (TPSA) is 88.6 Å². The third-order valence-corrected chi connectivity index (χ3v) is 6.71. The molecular formula is C29H33N3O3. The van der Waals surface area contributed by atoms with Crippen molar-refractivity contribution in [1.29, 1.82) is 5.26 Å². The van der Waals surface area contributed by atoms with Crippen molar-refractivity contribution in [3.8, 4) is 11.8 Å². The molecule has 1 aliphatic carbocycles. The number of benzene rings is 2. The van der Waals surface area contributed by atoms with Crippen LogP contribution in [0.4, 0.5) is 0 Å². The fourth-order valence-corrected chi connectivity index (χ4v) is 5.07. The van der Waals surface area contributed by atoms with Gasteiger partial charge < -0.3 is 20.1 Å². The minimum Gasteiger partial charge on any atom is -0.489 e. The van der Waals surface area contributed by atoms with Gasteiger partial charge in [0.15, 0.2) is 5.78 Å². The second-order valence-electron chi connectivity index (χ2n) is 10.1. The van der Waals surface area contributed by atoms with E-state index >= 15 is 0 Å². The zero-order valence-corrected chi connectivity index (χ0v) is 20.9. The van der Waals surface area contributed by atoms with Crippen molar-refractivity contribution in [3.63, 3.8) is 0 Å². The van der Waals surface area contributed by atoms with E-state index in [-0.39, 0.29) is 11.2 Å². The third-order valence-electron chi connectivity index (χ3n) is 6.71. The largest absolute Gasteiger partial charge is 0.489 e. The highest BCUT2D eigenvalue weighted by Crippen LogP contribution is 2.49. The molecule has 2 aromatic carbocycles. The number of methoxy groups -OCH3 is 1. The van der Waals surface area contributed by atoms with E-state index in [4.69, 9.17) is 15.2 Å². The number of hydrogen-bond donors (Lipinski definition) is 1. The Morgan fingerprint density at radius 2 is 1.91 bits per heavy atom. The lowest BCUT2D eigenvalue weighted by atomic mass is 9.68. The molecule has 0 saturated heterocycles. The molecule has 2 aliphatic rings. The number of nitriles is 1. The Bertz CT molecular complexity index is 1220. The Labute approximate surface area is 207 Å². The van der Waals surface area contributed by atoms with Gasteiger partial charge in [-0.2, -0.15) is 5.26 Å². The highest BCUT2D eigenvalue weighted by Gasteiger charge is 2.44. The van der Waals surface area contributed by atoms with Gasteiger partial charge in [0.2, 0.25) is 0 Å². The number of hydrogen-bond acceptors (Lipinski definition) is 6. The van der Waals surface area contributed by atoms with Gasteiger partial charge in [-0.15, -0.1) is 0 Å². The standard InChI is InChI=1S/C29H33N3O3/c1-19-6-5-7-20(14-19)18-35-22-10-8-21(9-11-22)26-23(17-30)28(31)32(12-13-34-4)24-15-29(2,3)16-25(33)27(24)26/h5-11,14,26H,12-13,15-16,18,31H2,1-4H3/t26-/m0/s1. The molecule has 2 aromatic rings. The number of nitrogens with zero attached hydrogens (tertiary/aromatic N) is 2. The van der Waals surface area contributed by atoms with Crippen molar-refractivity contribution < 1.29 is 14.3 Å². The van der Waals surface area contributed by atoms with E-state index in [2.05, 4.69) is 39.0 Å². The number of ether oxygens (including phenoxy) is 2. The Balaban J connectivity index is 1.67. The molecule has 0 saturated carbocycles. The zero-order chi connectivity index (χ0) is 25.2. The molecule has 0 fully saturated rings. The van der Waals surface area contributed by atoms with Gasteiger partial charge in [-0.1, -0.05) is 55.8 Å². The molecule has 0 unspecified atom stereocenters. The highest BCUT2D eigenvalue weighted by molar-refractivity contribution is 6.00. The number of carbonyl (C=O) groups is 1. The van der Waals surface area contributed by atoms with Gasteiger partial charge in [0.05, 0.1) is 24.2 Å². The first-order valence-electron chi connectivity index (χ1n) is 11.9. The van der Waals surface area contributed by atoms with Crippen molar-refractivity contribution in [2.45, 2.75) is 46.1 Å². The first kappa shape index (κ1) is 24.6. The predicted molar refractivity (Wildman–Crippen MR) is 135 cm³/mol. The van der Waals surface area contributed by atoms with Crippen LogP contribution in [-0.2, 0) is 16.1 Å². The van der Waals surface area contributed by atoms with Crippen LogP contribution < -0.4 is 10.5 Å². The van der Waals surface area contributed by atoms with E-state index in [1.54, 1.807) is 7.11 Å². The van der Waals surface area contributed by atoms with E-state index < -0.39 is 5.92 Å². The SMILES string of the molecule is COCCN1C(N)=C(C#N)[C@H](c2ccc(OCc3cccc(C)c3)cc2)C2=C1CC(C)(C)CC2=O. The fraction of sp³-hybridized carbons (Fsp3) is 0.379. The molecule has 2 N–H and O–H groups in total. The van der Waals surface area contributed by atoms with E-state index in [9.17, 15) is 10.1 Å². The van der Waals surface area contributed by atoms with Crippen molar-refractivity contribution in [1.82, 2.24) is 4.90 Å². The molecule has 0 radical (unpaired) electrons. The van der Waals surface area contributed by atoms with Crippen LogP contribution in [-0.4, -0.2) is 30.9 Å². The summed E-state index contributed by atoms with van der Waals surface area (Å²) in [5, 5.41) is 10.1. The molecule has 4 rings (SSSR count). The van der Waals surface area contributed by atoms with Gasteiger partial charge in [0.25, 0.3) is 0 Å². The van der Waals surface area contributed by atoms with Crippen LogP contribution in [0.2, 0.25) is 0 Å². The second kappa shape index (κ2) is 9.97. The number of nitrogens with two attached hydrogens (primary N) is 1. The molecule has 35 heavy (non-hydrogen) atoms. The third kappa shape index (κ3) is 5.11. The molecule has 1 aliphatic heterocycles. The highest BCUT2D eigenvalue weighted by atomic mass is 16.5. The average Bonchev–Trinajstić information content (AvgIpc) is 2.81. The minimum atomic E-state index is -0.483. The second-order valence-corrected chi connectivity index (χ2v) is 10.1. The Morgan fingerprint density at radius 3 is 2.57 bits per heavy atom. The van der Waals surface area contributed by atoms with Crippen molar-refractivity contribution in [2.24, 2.45) is 11.1 Å². The van der Waals surface area contributed by atoms with E-state index in [0.717, 1.165) is 22.6 Å². The molecule has 6 nitrogen and oxygen atoms in total. The molecule has 0 spiro atoms. The molecular weight excluding hydrogens is 438 g/mol. The fourth-order valence-electron chi connectivity index (χ4n) is 5.07. The lowest BCUT2D eigenvalue weighted by molar-refractivity contribution is -0.118. The maximum Gasteiger partial charge on any atom is 0.162 e. The van der Waals surface area contributed by atoms with Crippen LogP contribution in [0.15, 0.2) is 71.2 Å². The van der Waals surface area contributed by atoms with Gasteiger partial charge in [-0.25, -0.2) is 0 Å². The van der Waals surface area contributed by atoms with Gasteiger partial charge in [-0.05, 0) is 42.0 Å². The number of carbonyl (C=O) groups excluding carboxylic acids is 1. The van der Waals surface area contributed by atoms with E-state index in [1.807, 2.05) is 41.3 Å². The maximum atomic E-state index is 13.5. The number of rotatable bonds is 7. The van der Waals surface area contributed by atoms with Crippen LogP contribution >= 0.6 is 0 Å². The number of ketones is 1. The summed E-state index contributed by atoms with van der Waals surface area (Å²) in [5.41, 5.74) is 11.5. The Kier molecular flexibility index (Phi) is 7.00. The first-order chi connectivity index (χ1) is 16.7. The molecule has 1 heterocycles. The molecule has 0 bridgehead atoms. The molecule has 1 atom stereocenters. The quantitative estimate of drug-likeness (QED) is 0.614. The number of Topliss-reactive ketones (excluding diaryl/α,β-unsaturated/α-hetero) is 1. The van der Waals surface area contributed by atoms with E-state index in [0.29, 0.717) is 49.6 Å². The van der Waals surface area contributed by atoms with Gasteiger partial charge in [0, 0.05) is 31.3 Å². The molecule has 6 heteroatoms. The van der Waals surface area contributed by atoms with Crippen molar-refractivity contribution in [3.05, 3.63) is 87.9 Å². The van der Waals surface area contributed by atoms with Crippen LogP contribution in [0, 0.1) is 23.7 Å². The van der Waals surface area contributed by atoms with Crippen molar-refractivity contribution in [2.75, 3.05) is 20.3 Å². The first-order valence-corrected chi connectivity index (χ1v) is 11.9. The molecule has 182 valence electrons. The summed E-state index contributed by atoms with van der Waals surface area (Å²) in [5.74, 6) is 0.721. The summed E-state index contributed by atoms with van der Waals surface area (Å²) >= 11 is 0. The number of aryl methyl sites for hydroxylation is 1. The monoisotopic (exact) mass is 471 g/mol. The minimum absolute atomic E-state index is 0.0729. The van der Waals surface area contributed by atoms with Crippen molar-refractivity contribution >= 4 is 5.78 Å². The lowest BCUT2D eigenvalue weighted by Crippen LogP contribution is -2.43. The summed E-state index contributed by atoms with van der Waals surface area (Å²) in [6.07, 6.45) is 1.15. The summed E-state index contributed by atoms with van der Waals surface area (Å²) < 4.78 is 11.3. The van der Waals surface area contributed by atoms with Crippen LogP contribution in [0.25, 0.3) is 0 Å². The van der Waals surface area contributed by atoms with Gasteiger partial charge in [0.1, 0.15) is 18.2 Å². The Morgan fingerprint density at radius 1 is 1.17 bits per heavy atom. The predicted octanol–water partition coefficient (Wildman–Crippen LogP) is 4.96. The van der Waals surface area contributed by atoms with Gasteiger partial charge in [-0.3, -0.25) is 4.79 Å². The number of allylic oxidation sites excluding steroid dienone is 3. The summed E-state index contributed by atoms with van der Waals surface area (Å²) in [6, 6.07) is 18.2. The van der Waals surface area contributed by atoms with Gasteiger partial charge >= 0.3 is 0 Å². The van der Waals surface area contributed by atoms with Crippen LogP contribution in [0.5, 0.6) is 5.75 Å². The average molecular weight is 472 g/mol. The Hall–Kier alpha value is -3.56. The van der Waals surface area contributed by atoms with E-state index in [1.165, 1.54) is 5.56 Å². The summed E-state index contributed by atoms with van der Waals surface area (Å²) in [6.45, 7) is 7.66. The molecule has 0 amide bonds. The summed E-state index contributed by atoms with van der Waals surface area (Å²) in [7, 11) is 1.63. The zero-order valence-electron chi connectivity index (χ0n) is 20.9. The van der Waals surface area contributed by atoms with Crippen LogP contribution in [0.3, 0.4) is 0 Å². The lowest BCUT2D eigenvalue weighted by Gasteiger charge is -2.43. The summed E-state index contributed by atoms with van der Waals surface area (Å²) in [4.78, 5) is 15.4. The van der Waals surface area contributed by atoms with Crippen LogP contribution in [0.1, 0.15) is 49.3 Å². The normalized spacial score (nSPS) is 19.5. The maximum absolute atomic E-state index is 13.5. The smallest absolute Gasteiger partial charge is 0.162 e.